The Labute approximate surface area is 180 Å². The molecule has 9 heteroatoms. The maximum absolute atomic E-state index is 9.69. The topological polar surface area (TPSA) is 102 Å². The number of hydrogen-bond acceptors (Lipinski definition) is 7. The molecule has 0 aromatic carbocycles. The van der Waals surface area contributed by atoms with E-state index in [0.717, 1.165) is 59.4 Å². The first-order valence-corrected chi connectivity index (χ1v) is 10.7. The summed E-state index contributed by atoms with van der Waals surface area (Å²) < 4.78 is 9.15. The number of anilines is 1. The van der Waals surface area contributed by atoms with Gasteiger partial charge in [0, 0.05) is 31.5 Å². The number of aliphatic hydroxyl groups excluding tert-OH is 1. The number of imidazole rings is 1. The summed E-state index contributed by atoms with van der Waals surface area (Å²) in [7, 11) is 1.70. The van der Waals surface area contributed by atoms with E-state index in [1.165, 1.54) is 0 Å². The van der Waals surface area contributed by atoms with Crippen molar-refractivity contribution in [2.24, 2.45) is 0 Å². The minimum Gasteiger partial charge on any atom is -0.393 e. The molecule has 0 radical (unpaired) electrons. The molecule has 2 N–H and O–H groups in total. The Morgan fingerprint density at radius 1 is 1.16 bits per heavy atom. The van der Waals surface area contributed by atoms with E-state index in [2.05, 4.69) is 25.0 Å². The van der Waals surface area contributed by atoms with Crippen molar-refractivity contribution in [3.05, 3.63) is 36.4 Å². The number of nitrogens with one attached hydrogen (secondary N) is 1. The third kappa shape index (κ3) is 3.86. The van der Waals surface area contributed by atoms with Crippen LogP contribution in [0.2, 0.25) is 0 Å². The van der Waals surface area contributed by atoms with Crippen LogP contribution in [0.15, 0.2) is 30.6 Å². The number of aryl methyl sites for hydroxylation is 1. The van der Waals surface area contributed by atoms with E-state index >= 15 is 0 Å². The maximum Gasteiger partial charge on any atom is 0.241 e. The van der Waals surface area contributed by atoms with Crippen LogP contribution >= 0.6 is 0 Å². The molecule has 1 fully saturated rings. The van der Waals surface area contributed by atoms with E-state index < -0.39 is 0 Å². The van der Waals surface area contributed by atoms with Crippen LogP contribution in [0.4, 0.5) is 5.95 Å². The van der Waals surface area contributed by atoms with Gasteiger partial charge >= 0.3 is 0 Å². The number of rotatable bonds is 6. The molecule has 5 rings (SSSR count). The molecule has 1 aliphatic rings. The van der Waals surface area contributed by atoms with Crippen molar-refractivity contribution in [3.63, 3.8) is 0 Å². The number of nitrogens with zero attached hydrogens (tertiary/aromatic N) is 6. The van der Waals surface area contributed by atoms with Crippen LogP contribution in [0.5, 0.6) is 0 Å². The number of aromatic nitrogens is 6. The van der Waals surface area contributed by atoms with Gasteiger partial charge in [0.2, 0.25) is 5.95 Å². The van der Waals surface area contributed by atoms with Crippen molar-refractivity contribution in [2.45, 2.75) is 51.3 Å². The maximum atomic E-state index is 9.69. The lowest BCUT2D eigenvalue weighted by Gasteiger charge is -2.26. The molecular formula is C22H27N7O2. The van der Waals surface area contributed by atoms with Crippen LogP contribution in [-0.4, -0.2) is 60.1 Å². The molecule has 0 atom stereocenters. The first kappa shape index (κ1) is 19.9. The number of hydrogen-bond donors (Lipinski definition) is 2. The predicted octanol–water partition coefficient (Wildman–Crippen LogP) is 2.81. The highest BCUT2D eigenvalue weighted by Crippen LogP contribution is 2.27. The molecule has 1 aliphatic carbocycles. The quantitative estimate of drug-likeness (QED) is 0.493. The molecular weight excluding hydrogens is 394 g/mol. The Morgan fingerprint density at radius 3 is 2.81 bits per heavy atom. The van der Waals surface area contributed by atoms with Gasteiger partial charge in [-0.2, -0.15) is 0 Å². The van der Waals surface area contributed by atoms with Gasteiger partial charge in [0.05, 0.1) is 30.1 Å². The van der Waals surface area contributed by atoms with Crippen LogP contribution in [0.3, 0.4) is 0 Å². The van der Waals surface area contributed by atoms with Gasteiger partial charge in [-0.1, -0.05) is 0 Å². The lowest BCUT2D eigenvalue weighted by Crippen LogP contribution is -2.29. The van der Waals surface area contributed by atoms with Crippen molar-refractivity contribution in [1.29, 1.82) is 0 Å². The average molecular weight is 422 g/mol. The van der Waals surface area contributed by atoms with Crippen molar-refractivity contribution < 1.29 is 9.84 Å². The second-order valence-electron chi connectivity index (χ2n) is 8.13. The number of aliphatic hydroxyl groups is 1. The van der Waals surface area contributed by atoms with Crippen molar-refractivity contribution in [2.75, 3.05) is 19.0 Å². The number of ether oxygens (including phenoxy) is 1. The zero-order chi connectivity index (χ0) is 21.4. The van der Waals surface area contributed by atoms with Gasteiger partial charge in [-0.15, -0.1) is 5.10 Å². The third-order valence-electron chi connectivity index (χ3n) is 6.02. The second-order valence-corrected chi connectivity index (χ2v) is 8.13. The summed E-state index contributed by atoms with van der Waals surface area (Å²) in [5.41, 5.74) is 4.47. The van der Waals surface area contributed by atoms with Gasteiger partial charge in [-0.3, -0.25) is 0 Å². The number of pyridine rings is 1. The standard InChI is InChI=1S/C22H27N7O2/c1-14-24-19-8-7-18(26-21(19)28(14)11-12-31-2)17-9-10-29-20(17)13-23-22(27-29)25-15-3-5-16(30)6-4-15/h7-10,13,15-16,30H,3-6,11-12H2,1-2H3,(H,25,27). The average Bonchev–Trinajstić information content (AvgIpc) is 3.33. The molecule has 31 heavy (non-hydrogen) atoms. The highest BCUT2D eigenvalue weighted by Gasteiger charge is 2.20. The highest BCUT2D eigenvalue weighted by molar-refractivity contribution is 5.82. The van der Waals surface area contributed by atoms with E-state index in [0.29, 0.717) is 25.1 Å². The molecule has 4 aromatic rings. The lowest BCUT2D eigenvalue weighted by molar-refractivity contribution is 0.126. The van der Waals surface area contributed by atoms with Crippen LogP contribution in [0.1, 0.15) is 31.5 Å². The van der Waals surface area contributed by atoms with Crippen LogP contribution in [0.25, 0.3) is 27.9 Å². The summed E-state index contributed by atoms with van der Waals surface area (Å²) in [5.74, 6) is 1.53. The predicted molar refractivity (Wildman–Crippen MR) is 118 cm³/mol. The Kier molecular flexibility index (Phi) is 5.29. The zero-order valence-electron chi connectivity index (χ0n) is 17.8. The number of fused-ring (bicyclic) bond motifs is 2. The van der Waals surface area contributed by atoms with E-state index in [1.807, 2.05) is 42.0 Å². The molecule has 0 amide bonds. The summed E-state index contributed by atoms with van der Waals surface area (Å²) in [6.07, 6.45) is 7.10. The van der Waals surface area contributed by atoms with E-state index in [-0.39, 0.29) is 6.10 Å². The van der Waals surface area contributed by atoms with Gasteiger partial charge in [0.25, 0.3) is 0 Å². The van der Waals surface area contributed by atoms with Gasteiger partial charge in [-0.05, 0) is 50.8 Å². The van der Waals surface area contributed by atoms with Gasteiger partial charge in [0.1, 0.15) is 11.3 Å². The van der Waals surface area contributed by atoms with Gasteiger partial charge in [-0.25, -0.2) is 19.5 Å². The summed E-state index contributed by atoms with van der Waals surface area (Å²) in [4.78, 5) is 14.1. The minimum atomic E-state index is -0.173. The monoisotopic (exact) mass is 421 g/mol. The summed E-state index contributed by atoms with van der Waals surface area (Å²) in [5, 5.41) is 17.7. The molecule has 4 aromatic heterocycles. The number of methoxy groups -OCH3 is 1. The van der Waals surface area contributed by atoms with E-state index in [9.17, 15) is 5.11 Å². The minimum absolute atomic E-state index is 0.173. The largest absolute Gasteiger partial charge is 0.393 e. The fourth-order valence-electron chi connectivity index (χ4n) is 4.30. The molecule has 0 aliphatic heterocycles. The van der Waals surface area contributed by atoms with Gasteiger partial charge < -0.3 is 19.7 Å². The molecule has 4 heterocycles. The fourth-order valence-corrected chi connectivity index (χ4v) is 4.30. The molecule has 0 saturated heterocycles. The lowest BCUT2D eigenvalue weighted by atomic mass is 9.93. The molecule has 0 spiro atoms. The second kappa shape index (κ2) is 8.24. The fraction of sp³-hybridized carbons (Fsp3) is 0.455. The Bertz CT molecular complexity index is 1210. The van der Waals surface area contributed by atoms with Crippen molar-refractivity contribution in [1.82, 2.24) is 29.1 Å². The summed E-state index contributed by atoms with van der Waals surface area (Å²) in [6.45, 7) is 3.30. The molecule has 9 nitrogen and oxygen atoms in total. The first-order chi connectivity index (χ1) is 15.1. The highest BCUT2D eigenvalue weighted by atomic mass is 16.5. The molecule has 1 saturated carbocycles. The van der Waals surface area contributed by atoms with Crippen molar-refractivity contribution in [3.8, 4) is 11.3 Å². The van der Waals surface area contributed by atoms with Gasteiger partial charge in [0.15, 0.2) is 5.65 Å². The Hall–Kier alpha value is -3.04. The van der Waals surface area contributed by atoms with Crippen molar-refractivity contribution >= 4 is 22.6 Å². The van der Waals surface area contributed by atoms with E-state index in [4.69, 9.17) is 9.72 Å². The zero-order valence-corrected chi connectivity index (χ0v) is 17.8. The van der Waals surface area contributed by atoms with E-state index in [1.54, 1.807) is 7.11 Å². The molecule has 0 bridgehead atoms. The van der Waals surface area contributed by atoms with Crippen LogP contribution < -0.4 is 5.32 Å². The van der Waals surface area contributed by atoms with Crippen LogP contribution in [0, 0.1) is 6.92 Å². The summed E-state index contributed by atoms with van der Waals surface area (Å²) in [6, 6.07) is 6.31. The Balaban J connectivity index is 1.44. The molecule has 162 valence electrons. The first-order valence-electron chi connectivity index (χ1n) is 10.7. The smallest absolute Gasteiger partial charge is 0.241 e. The third-order valence-corrected chi connectivity index (χ3v) is 6.02. The normalized spacial score (nSPS) is 19.3. The summed E-state index contributed by atoms with van der Waals surface area (Å²) >= 11 is 0. The SMILES string of the molecule is COCCn1c(C)nc2ccc(-c3ccn4nc(NC5CCC(O)CC5)ncc34)nc21. The molecule has 0 unspecified atom stereocenters. The van der Waals surface area contributed by atoms with Crippen LogP contribution in [-0.2, 0) is 11.3 Å². The Morgan fingerprint density at radius 2 is 2.00 bits per heavy atom.